The van der Waals surface area contributed by atoms with Gasteiger partial charge in [0.05, 0.1) is 0 Å². The van der Waals surface area contributed by atoms with Gasteiger partial charge < -0.3 is 19.7 Å². The number of nitrogens with zero attached hydrogens (tertiary/aromatic N) is 1. The number of anilines is 1. The Morgan fingerprint density at radius 3 is 2.95 bits per heavy atom. The van der Waals surface area contributed by atoms with Gasteiger partial charge in [0.1, 0.15) is 0 Å². The van der Waals surface area contributed by atoms with E-state index in [0.717, 1.165) is 37.1 Å². The van der Waals surface area contributed by atoms with Crippen molar-refractivity contribution in [3.8, 4) is 11.5 Å². The summed E-state index contributed by atoms with van der Waals surface area (Å²) in [6, 6.07) is 6.32. The van der Waals surface area contributed by atoms with Crippen LogP contribution in [0.5, 0.6) is 11.5 Å². The van der Waals surface area contributed by atoms with Crippen molar-refractivity contribution in [1.82, 2.24) is 5.32 Å². The highest BCUT2D eigenvalue weighted by Crippen LogP contribution is 2.42. The zero-order valence-electron chi connectivity index (χ0n) is 12.0. The molecule has 4 nitrogen and oxygen atoms in total. The minimum atomic E-state index is 0.257. The van der Waals surface area contributed by atoms with E-state index in [4.69, 9.17) is 9.47 Å². The lowest BCUT2D eigenvalue weighted by atomic mass is 9.95. The lowest BCUT2D eigenvalue weighted by molar-refractivity contribution is 0.174. The molecule has 0 spiro atoms. The Morgan fingerprint density at radius 2 is 2.10 bits per heavy atom. The summed E-state index contributed by atoms with van der Waals surface area (Å²) in [5.41, 5.74) is 1.51. The fourth-order valence-corrected chi connectivity index (χ4v) is 3.47. The van der Waals surface area contributed by atoms with Gasteiger partial charge in [-0.3, -0.25) is 0 Å². The fraction of sp³-hybridized carbons (Fsp3) is 0.625. The van der Waals surface area contributed by atoms with Crippen molar-refractivity contribution >= 4 is 5.69 Å². The summed E-state index contributed by atoms with van der Waals surface area (Å²) < 4.78 is 10.9. The molecule has 1 aromatic rings. The second-order valence-corrected chi connectivity index (χ2v) is 6.43. The van der Waals surface area contributed by atoms with Gasteiger partial charge in [0.25, 0.3) is 0 Å². The molecule has 0 amide bonds. The second-order valence-electron chi connectivity index (χ2n) is 6.43. The van der Waals surface area contributed by atoms with Crippen LogP contribution in [0.25, 0.3) is 0 Å². The second kappa shape index (κ2) is 4.55. The smallest absolute Gasteiger partial charge is 0.231 e. The summed E-state index contributed by atoms with van der Waals surface area (Å²) in [5, 5.41) is 3.77. The molecule has 0 bridgehead atoms. The summed E-state index contributed by atoms with van der Waals surface area (Å²) in [6.45, 7) is 6.04. The van der Waals surface area contributed by atoms with Crippen LogP contribution in [0.3, 0.4) is 0 Å². The Morgan fingerprint density at radius 1 is 1.25 bits per heavy atom. The highest BCUT2D eigenvalue weighted by Gasteiger charge is 2.43. The lowest BCUT2D eigenvalue weighted by Crippen LogP contribution is -2.51. The van der Waals surface area contributed by atoms with Crippen molar-refractivity contribution in [2.75, 3.05) is 31.3 Å². The quantitative estimate of drug-likeness (QED) is 0.898. The summed E-state index contributed by atoms with van der Waals surface area (Å²) in [4.78, 5) is 2.50. The van der Waals surface area contributed by atoms with Crippen LogP contribution in [0.15, 0.2) is 18.2 Å². The maximum absolute atomic E-state index is 5.51. The van der Waals surface area contributed by atoms with Gasteiger partial charge in [0.2, 0.25) is 6.79 Å². The Balaban J connectivity index is 1.60. The number of fused-ring (bicyclic) bond motifs is 1. The first-order valence-corrected chi connectivity index (χ1v) is 7.64. The number of nitrogens with one attached hydrogen (secondary N) is 1. The number of rotatable bonds is 2. The average Bonchev–Trinajstić information content (AvgIpc) is 3.23. The van der Waals surface area contributed by atoms with E-state index in [1.165, 1.54) is 24.9 Å². The molecule has 1 atom stereocenters. The number of hydrogen-bond donors (Lipinski definition) is 1. The molecule has 2 aliphatic heterocycles. The van der Waals surface area contributed by atoms with Crippen molar-refractivity contribution in [3.05, 3.63) is 18.2 Å². The molecule has 2 fully saturated rings. The van der Waals surface area contributed by atoms with Crippen molar-refractivity contribution in [3.63, 3.8) is 0 Å². The maximum Gasteiger partial charge on any atom is 0.231 e. The van der Waals surface area contributed by atoms with Crippen molar-refractivity contribution < 1.29 is 9.47 Å². The predicted octanol–water partition coefficient (Wildman–Crippen LogP) is 2.38. The number of benzene rings is 1. The molecular weight excluding hydrogens is 252 g/mol. The van der Waals surface area contributed by atoms with Crippen LogP contribution in [0.2, 0.25) is 0 Å². The Bertz CT molecular complexity index is 515. The Labute approximate surface area is 120 Å². The third kappa shape index (κ3) is 2.12. The highest BCUT2D eigenvalue weighted by atomic mass is 16.7. The molecule has 20 heavy (non-hydrogen) atoms. The summed E-state index contributed by atoms with van der Waals surface area (Å²) in [5.74, 6) is 2.59. The molecule has 1 N–H and O–H groups in total. The molecule has 3 aliphatic rings. The van der Waals surface area contributed by atoms with Gasteiger partial charge in [-0.25, -0.2) is 0 Å². The van der Waals surface area contributed by atoms with E-state index in [1.807, 2.05) is 6.07 Å². The van der Waals surface area contributed by atoms with E-state index in [9.17, 15) is 0 Å². The van der Waals surface area contributed by atoms with E-state index in [2.05, 4.69) is 29.3 Å². The molecule has 2 heterocycles. The molecule has 0 radical (unpaired) electrons. The third-order valence-electron chi connectivity index (χ3n) is 4.85. The molecule has 4 heteroatoms. The first-order valence-electron chi connectivity index (χ1n) is 7.64. The van der Waals surface area contributed by atoms with Crippen LogP contribution in [0.1, 0.15) is 26.2 Å². The van der Waals surface area contributed by atoms with Crippen LogP contribution in [-0.4, -0.2) is 32.0 Å². The molecule has 108 valence electrons. The van der Waals surface area contributed by atoms with Crippen LogP contribution in [0.4, 0.5) is 5.69 Å². The molecule has 1 saturated heterocycles. The molecular formula is C16H22N2O2. The van der Waals surface area contributed by atoms with Crippen LogP contribution < -0.4 is 19.7 Å². The normalized spacial score (nSPS) is 29.4. The molecule has 1 aromatic carbocycles. The zero-order chi connectivity index (χ0) is 13.6. The van der Waals surface area contributed by atoms with E-state index in [0.29, 0.717) is 6.79 Å². The first-order chi connectivity index (χ1) is 9.74. The van der Waals surface area contributed by atoms with Crippen LogP contribution in [0, 0.1) is 5.92 Å². The molecule has 1 unspecified atom stereocenters. The third-order valence-corrected chi connectivity index (χ3v) is 4.85. The van der Waals surface area contributed by atoms with E-state index < -0.39 is 0 Å². The molecule has 1 saturated carbocycles. The molecule has 0 aromatic heterocycles. The van der Waals surface area contributed by atoms with Gasteiger partial charge in [-0.05, 0) is 50.8 Å². The van der Waals surface area contributed by atoms with Crippen molar-refractivity contribution in [2.45, 2.75) is 31.7 Å². The standard InChI is InChI=1S/C16H22N2O2/c1-16(12-3-4-12)10-18(8-2-7-17-16)13-5-6-14-15(9-13)20-11-19-14/h5-6,9,12,17H,2-4,7-8,10-11H2,1H3. The summed E-state index contributed by atoms with van der Waals surface area (Å²) >= 11 is 0. The number of ether oxygens (including phenoxy) is 2. The lowest BCUT2D eigenvalue weighted by Gasteiger charge is -2.35. The highest BCUT2D eigenvalue weighted by molar-refractivity contribution is 5.57. The minimum Gasteiger partial charge on any atom is -0.454 e. The van der Waals surface area contributed by atoms with Crippen LogP contribution in [-0.2, 0) is 0 Å². The van der Waals surface area contributed by atoms with Gasteiger partial charge in [-0.2, -0.15) is 0 Å². The molecule has 1 aliphatic carbocycles. The first kappa shape index (κ1) is 12.3. The van der Waals surface area contributed by atoms with E-state index in [1.54, 1.807) is 0 Å². The number of hydrogen-bond acceptors (Lipinski definition) is 4. The van der Waals surface area contributed by atoms with Crippen molar-refractivity contribution in [1.29, 1.82) is 0 Å². The van der Waals surface area contributed by atoms with Gasteiger partial charge >= 0.3 is 0 Å². The predicted molar refractivity (Wildman–Crippen MR) is 78.5 cm³/mol. The largest absolute Gasteiger partial charge is 0.454 e. The average molecular weight is 274 g/mol. The summed E-state index contributed by atoms with van der Waals surface area (Å²) in [7, 11) is 0. The van der Waals surface area contributed by atoms with Gasteiger partial charge in [0, 0.05) is 30.4 Å². The molecule has 4 rings (SSSR count). The Hall–Kier alpha value is -1.42. The Kier molecular flexibility index (Phi) is 2.81. The fourth-order valence-electron chi connectivity index (χ4n) is 3.47. The maximum atomic E-state index is 5.51. The topological polar surface area (TPSA) is 33.7 Å². The monoisotopic (exact) mass is 274 g/mol. The SMILES string of the molecule is CC1(C2CC2)CN(c2ccc3c(c2)OCO3)CCCN1. The minimum absolute atomic E-state index is 0.257. The van der Waals surface area contributed by atoms with Gasteiger partial charge in [0.15, 0.2) is 11.5 Å². The zero-order valence-corrected chi connectivity index (χ0v) is 12.0. The van der Waals surface area contributed by atoms with Gasteiger partial charge in [-0.15, -0.1) is 0 Å². The summed E-state index contributed by atoms with van der Waals surface area (Å²) in [6.07, 6.45) is 3.94. The van der Waals surface area contributed by atoms with Crippen molar-refractivity contribution in [2.24, 2.45) is 5.92 Å². The van der Waals surface area contributed by atoms with Gasteiger partial charge in [-0.1, -0.05) is 0 Å². The van der Waals surface area contributed by atoms with E-state index in [-0.39, 0.29) is 5.54 Å². The van der Waals surface area contributed by atoms with E-state index >= 15 is 0 Å². The van der Waals surface area contributed by atoms with Crippen LogP contribution >= 0.6 is 0 Å².